The highest BCUT2D eigenvalue weighted by molar-refractivity contribution is 5.94. The fourth-order valence-corrected chi connectivity index (χ4v) is 4.51. The van der Waals surface area contributed by atoms with E-state index in [-0.39, 0.29) is 40.5 Å². The monoisotopic (exact) mass is 483 g/mol. The highest BCUT2D eigenvalue weighted by Gasteiger charge is 2.26. The molecule has 1 aliphatic carbocycles. The van der Waals surface area contributed by atoms with Crippen molar-refractivity contribution in [2.24, 2.45) is 7.05 Å². The molecule has 1 aromatic carbocycles. The van der Waals surface area contributed by atoms with E-state index in [9.17, 15) is 18.0 Å². The van der Waals surface area contributed by atoms with Gasteiger partial charge < -0.3 is 15.6 Å². The number of fused-ring (bicyclic) bond motifs is 1. The van der Waals surface area contributed by atoms with E-state index in [1.807, 2.05) is 6.92 Å². The van der Waals surface area contributed by atoms with E-state index < -0.39 is 17.5 Å². The first-order valence-electron chi connectivity index (χ1n) is 11.4. The smallest absolute Gasteiger partial charge is 0.272 e. The van der Waals surface area contributed by atoms with Gasteiger partial charge >= 0.3 is 0 Å². The SMILES string of the molecule is Cc1cc(C(=O)N[C@@H]2CCC[C@H](Nc3nc(-c4c[nH]c5c(F)cc(F)cc45)ncc3F)C2)nn1C. The number of aryl methyl sites for hydroxylation is 2. The quantitative estimate of drug-likeness (QED) is 0.394. The van der Waals surface area contributed by atoms with Crippen molar-refractivity contribution in [2.75, 3.05) is 5.32 Å². The predicted octanol–water partition coefficient (Wildman–Crippen LogP) is 4.24. The average Bonchev–Trinajstić information content (AvgIpc) is 3.39. The topological polar surface area (TPSA) is 101 Å². The Kier molecular flexibility index (Phi) is 5.91. The van der Waals surface area contributed by atoms with E-state index in [0.29, 0.717) is 17.7 Å². The van der Waals surface area contributed by atoms with Gasteiger partial charge in [0.05, 0.1) is 11.7 Å². The zero-order valence-electron chi connectivity index (χ0n) is 19.2. The van der Waals surface area contributed by atoms with Gasteiger partial charge in [0.25, 0.3) is 5.91 Å². The Morgan fingerprint density at radius 1 is 1.14 bits per heavy atom. The molecule has 0 unspecified atom stereocenters. The number of rotatable bonds is 5. The van der Waals surface area contributed by atoms with Gasteiger partial charge in [-0.2, -0.15) is 5.10 Å². The summed E-state index contributed by atoms with van der Waals surface area (Å²) in [4.78, 5) is 23.7. The summed E-state index contributed by atoms with van der Waals surface area (Å²) in [5.41, 5.74) is 1.73. The highest BCUT2D eigenvalue weighted by Crippen LogP contribution is 2.30. The number of hydrogen-bond donors (Lipinski definition) is 3. The Balaban J connectivity index is 1.32. The summed E-state index contributed by atoms with van der Waals surface area (Å²) in [6.07, 6.45) is 5.50. The van der Waals surface area contributed by atoms with Gasteiger partial charge in [0.15, 0.2) is 17.5 Å². The summed E-state index contributed by atoms with van der Waals surface area (Å²) in [5, 5.41) is 10.6. The van der Waals surface area contributed by atoms with Crippen LogP contribution in [0.4, 0.5) is 19.0 Å². The number of aromatic amines is 1. The van der Waals surface area contributed by atoms with E-state index in [4.69, 9.17) is 0 Å². The fourth-order valence-electron chi connectivity index (χ4n) is 4.51. The Morgan fingerprint density at radius 2 is 1.94 bits per heavy atom. The van der Waals surface area contributed by atoms with Crippen LogP contribution in [0, 0.1) is 24.4 Å². The minimum atomic E-state index is -0.733. The van der Waals surface area contributed by atoms with E-state index in [1.54, 1.807) is 17.8 Å². The lowest BCUT2D eigenvalue weighted by molar-refractivity contribution is 0.0920. The van der Waals surface area contributed by atoms with Crippen LogP contribution < -0.4 is 10.6 Å². The fraction of sp³-hybridized carbons (Fsp3) is 0.333. The van der Waals surface area contributed by atoms with E-state index in [2.05, 4.69) is 30.7 Å². The molecule has 0 spiro atoms. The molecule has 35 heavy (non-hydrogen) atoms. The zero-order valence-corrected chi connectivity index (χ0v) is 19.2. The van der Waals surface area contributed by atoms with Crippen LogP contribution in [0.5, 0.6) is 0 Å². The highest BCUT2D eigenvalue weighted by atomic mass is 19.1. The molecule has 4 aromatic rings. The number of amides is 1. The molecule has 1 fully saturated rings. The van der Waals surface area contributed by atoms with Crippen LogP contribution in [0.25, 0.3) is 22.3 Å². The van der Waals surface area contributed by atoms with Crippen LogP contribution >= 0.6 is 0 Å². The summed E-state index contributed by atoms with van der Waals surface area (Å²) in [7, 11) is 1.78. The molecular formula is C24H24F3N7O. The zero-order chi connectivity index (χ0) is 24.7. The lowest BCUT2D eigenvalue weighted by Crippen LogP contribution is -2.42. The van der Waals surface area contributed by atoms with Crippen molar-refractivity contribution >= 4 is 22.6 Å². The molecular weight excluding hydrogens is 459 g/mol. The van der Waals surface area contributed by atoms with E-state index >= 15 is 0 Å². The van der Waals surface area contributed by atoms with E-state index in [0.717, 1.165) is 37.2 Å². The van der Waals surface area contributed by atoms with Gasteiger partial charge in [-0.1, -0.05) is 0 Å². The molecule has 0 radical (unpaired) electrons. The Labute approximate surface area is 199 Å². The third-order valence-corrected chi connectivity index (χ3v) is 6.39. The molecule has 3 aromatic heterocycles. The number of carbonyl (C=O) groups excluding carboxylic acids is 1. The number of benzene rings is 1. The average molecular weight is 483 g/mol. The third kappa shape index (κ3) is 4.58. The van der Waals surface area contributed by atoms with Crippen LogP contribution in [0.1, 0.15) is 41.9 Å². The second kappa shape index (κ2) is 9.05. The summed E-state index contributed by atoms with van der Waals surface area (Å²) in [6.45, 7) is 1.87. The molecule has 0 aliphatic heterocycles. The molecule has 1 saturated carbocycles. The van der Waals surface area contributed by atoms with Crippen molar-refractivity contribution < 1.29 is 18.0 Å². The van der Waals surface area contributed by atoms with Crippen molar-refractivity contribution in [3.63, 3.8) is 0 Å². The minimum Gasteiger partial charge on any atom is -0.365 e. The molecule has 3 heterocycles. The first-order chi connectivity index (χ1) is 16.8. The molecule has 8 nitrogen and oxygen atoms in total. The summed E-state index contributed by atoms with van der Waals surface area (Å²) in [6, 6.07) is 3.47. The number of nitrogens with one attached hydrogen (secondary N) is 3. The molecule has 1 aliphatic rings. The number of aromatic nitrogens is 5. The number of hydrogen-bond acceptors (Lipinski definition) is 5. The molecule has 1 amide bonds. The third-order valence-electron chi connectivity index (χ3n) is 6.39. The van der Waals surface area contributed by atoms with Crippen molar-refractivity contribution in [1.82, 2.24) is 30.0 Å². The Bertz CT molecular complexity index is 1390. The van der Waals surface area contributed by atoms with Crippen molar-refractivity contribution in [1.29, 1.82) is 0 Å². The second-order valence-corrected chi connectivity index (χ2v) is 8.88. The lowest BCUT2D eigenvalue weighted by Gasteiger charge is -2.30. The Hall–Kier alpha value is -3.89. The van der Waals surface area contributed by atoms with Crippen LogP contribution in [-0.4, -0.2) is 42.7 Å². The standard InChI is InChI=1S/C24H24F3N7O/c1-12-6-20(33-34(12)2)24(35)31-15-5-3-4-14(9-15)30-23-19(27)11-29-22(32-23)17-10-28-21-16(17)7-13(25)8-18(21)26/h6-8,10-11,14-15,28H,3-5,9H2,1-2H3,(H,31,35)(H,29,30,32)/t14-,15+/m0/s1. The normalized spacial score (nSPS) is 18.1. The number of anilines is 1. The van der Waals surface area contributed by atoms with Gasteiger partial charge in [0, 0.05) is 48.0 Å². The van der Waals surface area contributed by atoms with E-state index in [1.165, 1.54) is 12.3 Å². The number of carbonyl (C=O) groups is 1. The maximum absolute atomic E-state index is 14.6. The summed E-state index contributed by atoms with van der Waals surface area (Å²) in [5.74, 6) is -2.21. The maximum atomic E-state index is 14.6. The molecule has 2 atom stereocenters. The molecule has 3 N–H and O–H groups in total. The maximum Gasteiger partial charge on any atom is 0.272 e. The van der Waals surface area contributed by atoms with Gasteiger partial charge in [0.2, 0.25) is 0 Å². The van der Waals surface area contributed by atoms with Crippen LogP contribution in [0.3, 0.4) is 0 Å². The predicted molar refractivity (Wildman–Crippen MR) is 124 cm³/mol. The van der Waals surface area contributed by atoms with Crippen molar-refractivity contribution in [3.05, 3.63) is 59.4 Å². The molecule has 0 bridgehead atoms. The van der Waals surface area contributed by atoms with Gasteiger partial charge in [-0.3, -0.25) is 9.48 Å². The molecule has 0 saturated heterocycles. The first kappa shape index (κ1) is 22.9. The molecule has 182 valence electrons. The second-order valence-electron chi connectivity index (χ2n) is 8.88. The van der Waals surface area contributed by atoms with Crippen molar-refractivity contribution in [2.45, 2.75) is 44.7 Å². The first-order valence-corrected chi connectivity index (χ1v) is 11.4. The van der Waals surface area contributed by atoms with Crippen LogP contribution in [0.2, 0.25) is 0 Å². The summed E-state index contributed by atoms with van der Waals surface area (Å²) < 4.78 is 44.1. The van der Waals surface area contributed by atoms with Crippen LogP contribution in [-0.2, 0) is 7.05 Å². The van der Waals surface area contributed by atoms with Gasteiger partial charge in [-0.05, 0) is 44.7 Å². The largest absolute Gasteiger partial charge is 0.365 e. The molecule has 11 heteroatoms. The van der Waals surface area contributed by atoms with Crippen LogP contribution in [0.15, 0.2) is 30.6 Å². The van der Waals surface area contributed by atoms with Crippen molar-refractivity contribution in [3.8, 4) is 11.4 Å². The van der Waals surface area contributed by atoms with Gasteiger partial charge in [-0.15, -0.1) is 0 Å². The molecule has 5 rings (SSSR count). The Morgan fingerprint density at radius 3 is 2.71 bits per heavy atom. The summed E-state index contributed by atoms with van der Waals surface area (Å²) >= 11 is 0. The van der Waals surface area contributed by atoms with Gasteiger partial charge in [-0.25, -0.2) is 23.1 Å². The minimum absolute atomic E-state index is 0.00134. The lowest BCUT2D eigenvalue weighted by atomic mass is 9.91. The number of H-pyrrole nitrogens is 1. The van der Waals surface area contributed by atoms with Gasteiger partial charge in [0.1, 0.15) is 17.3 Å². The number of halogens is 3. The number of nitrogens with zero attached hydrogens (tertiary/aromatic N) is 4.